The van der Waals surface area contributed by atoms with Gasteiger partial charge in [-0.15, -0.1) is 15.7 Å². The predicted molar refractivity (Wildman–Crippen MR) is 160 cm³/mol. The van der Waals surface area contributed by atoms with Crippen molar-refractivity contribution in [2.45, 2.75) is 23.6 Å². The molecule has 0 saturated carbocycles. The van der Waals surface area contributed by atoms with Gasteiger partial charge in [-0.2, -0.15) is 8.42 Å². The lowest BCUT2D eigenvalue weighted by atomic mass is 10.1. The minimum absolute atomic E-state index is 0.0744. The van der Waals surface area contributed by atoms with E-state index in [-0.39, 0.29) is 26.4 Å². The Morgan fingerprint density at radius 1 is 0.714 bits per heavy atom. The standard InChI is InChI=1S/C29H22N4O6S3/c1-3-31-21-11-13-23(17-7-5-9-19(25(17)21)27(31)34)41(36,37)30-29-33(15-16-40-29)42(38,39)24-14-12-22-26-18(24)8-6-10-20(26)28(35)32(22)4-2/h5-16H,3-4H2,1-2H3/b30-29-. The quantitative estimate of drug-likeness (QED) is 0.279. The highest BCUT2D eigenvalue weighted by Gasteiger charge is 2.33. The van der Waals surface area contributed by atoms with Crippen LogP contribution in [0.1, 0.15) is 34.6 Å². The second-order valence-corrected chi connectivity index (χ2v) is 14.0. The topological polar surface area (TPSA) is 126 Å². The van der Waals surface area contributed by atoms with Crippen LogP contribution in [0.4, 0.5) is 11.4 Å². The van der Waals surface area contributed by atoms with Crippen LogP contribution >= 0.6 is 11.3 Å². The molecule has 0 N–H and O–H groups in total. The second kappa shape index (κ2) is 9.08. The molecule has 0 bridgehead atoms. The zero-order chi connectivity index (χ0) is 29.6. The van der Waals surface area contributed by atoms with Crippen LogP contribution in [-0.2, 0) is 20.0 Å². The molecule has 212 valence electrons. The number of hydrogen-bond donors (Lipinski definition) is 0. The van der Waals surface area contributed by atoms with Gasteiger partial charge in [-0.05, 0) is 50.2 Å². The summed E-state index contributed by atoms with van der Waals surface area (Å²) in [6.45, 7) is 4.53. The normalized spacial score (nSPS) is 15.1. The van der Waals surface area contributed by atoms with E-state index < -0.39 is 20.0 Å². The molecule has 0 fully saturated rings. The molecule has 4 aromatic carbocycles. The Kier molecular flexibility index (Phi) is 5.74. The van der Waals surface area contributed by atoms with Crippen molar-refractivity contribution in [2.75, 3.05) is 22.9 Å². The first kappa shape index (κ1) is 26.6. The summed E-state index contributed by atoms with van der Waals surface area (Å²) in [6.07, 6.45) is 1.26. The van der Waals surface area contributed by atoms with Crippen molar-refractivity contribution in [1.82, 2.24) is 3.97 Å². The van der Waals surface area contributed by atoms with Crippen LogP contribution < -0.4 is 14.6 Å². The average Bonchev–Trinajstić information content (AvgIpc) is 3.63. The van der Waals surface area contributed by atoms with Gasteiger partial charge in [-0.3, -0.25) is 9.59 Å². The molecule has 3 heterocycles. The number of sulfonamides is 1. The van der Waals surface area contributed by atoms with Gasteiger partial charge in [0.1, 0.15) is 0 Å². The molecule has 5 aromatic rings. The number of thiazole rings is 1. The van der Waals surface area contributed by atoms with Crippen LogP contribution in [0, 0.1) is 0 Å². The summed E-state index contributed by atoms with van der Waals surface area (Å²) in [5.74, 6) is -0.410. The predicted octanol–water partition coefficient (Wildman–Crippen LogP) is 4.34. The van der Waals surface area contributed by atoms with Crippen molar-refractivity contribution in [3.8, 4) is 0 Å². The molecule has 2 aliphatic heterocycles. The van der Waals surface area contributed by atoms with E-state index in [1.807, 2.05) is 13.8 Å². The number of nitrogens with zero attached hydrogens (tertiary/aromatic N) is 4. The first-order valence-corrected chi connectivity index (χ1v) is 16.8. The Labute approximate surface area is 244 Å². The largest absolute Gasteiger partial charge is 0.308 e. The number of benzene rings is 4. The third-order valence-electron chi connectivity index (χ3n) is 7.69. The molecule has 0 unspecified atom stereocenters. The molecule has 13 heteroatoms. The monoisotopic (exact) mass is 618 g/mol. The first-order chi connectivity index (χ1) is 20.1. The Bertz CT molecular complexity index is 2320. The lowest BCUT2D eigenvalue weighted by Gasteiger charge is -2.15. The molecule has 2 aliphatic rings. The summed E-state index contributed by atoms with van der Waals surface area (Å²) in [7, 11) is -8.75. The van der Waals surface area contributed by atoms with Crippen LogP contribution in [0.25, 0.3) is 21.5 Å². The first-order valence-electron chi connectivity index (χ1n) is 13.1. The smallest absolute Gasteiger partial charge is 0.285 e. The van der Waals surface area contributed by atoms with Crippen molar-refractivity contribution in [1.29, 1.82) is 0 Å². The molecular weight excluding hydrogens is 597 g/mol. The molecule has 2 amide bonds. The van der Waals surface area contributed by atoms with E-state index in [9.17, 15) is 26.4 Å². The van der Waals surface area contributed by atoms with Crippen LogP contribution in [0.3, 0.4) is 0 Å². The average molecular weight is 619 g/mol. The fourth-order valence-electron chi connectivity index (χ4n) is 5.88. The van der Waals surface area contributed by atoms with Gasteiger partial charge in [0.25, 0.3) is 31.9 Å². The number of carbonyl (C=O) groups is 2. The molecule has 0 aliphatic carbocycles. The molecule has 0 spiro atoms. The lowest BCUT2D eigenvalue weighted by molar-refractivity contribution is 0.0986. The zero-order valence-corrected chi connectivity index (χ0v) is 24.8. The van der Waals surface area contributed by atoms with E-state index in [1.165, 1.54) is 23.7 Å². The van der Waals surface area contributed by atoms with Crippen molar-refractivity contribution in [2.24, 2.45) is 4.40 Å². The molecule has 0 atom stereocenters. The summed E-state index contributed by atoms with van der Waals surface area (Å²) in [5, 5.41) is 3.20. The molecule has 10 nitrogen and oxygen atoms in total. The Morgan fingerprint density at radius 2 is 1.24 bits per heavy atom. The zero-order valence-electron chi connectivity index (χ0n) is 22.3. The minimum Gasteiger partial charge on any atom is -0.308 e. The van der Waals surface area contributed by atoms with Gasteiger partial charge >= 0.3 is 0 Å². The van der Waals surface area contributed by atoms with Crippen LogP contribution in [0.15, 0.2) is 86.4 Å². The van der Waals surface area contributed by atoms with Gasteiger partial charge in [-0.25, -0.2) is 12.4 Å². The minimum atomic E-state index is -4.42. The van der Waals surface area contributed by atoms with Gasteiger partial charge in [0.2, 0.25) is 4.80 Å². The van der Waals surface area contributed by atoms with Crippen molar-refractivity contribution in [3.63, 3.8) is 0 Å². The third-order valence-corrected chi connectivity index (χ3v) is 11.7. The van der Waals surface area contributed by atoms with Crippen molar-refractivity contribution >= 4 is 76.1 Å². The summed E-state index contributed by atoms with van der Waals surface area (Å²) < 4.78 is 60.3. The van der Waals surface area contributed by atoms with Crippen LogP contribution in [0.2, 0.25) is 0 Å². The number of carbonyl (C=O) groups excluding carboxylic acids is 2. The summed E-state index contributed by atoms with van der Waals surface area (Å²) in [5.41, 5.74) is 2.06. The third kappa shape index (κ3) is 3.50. The number of amides is 2. The fourth-order valence-corrected chi connectivity index (χ4v) is 9.82. The lowest BCUT2D eigenvalue weighted by Crippen LogP contribution is -2.26. The van der Waals surface area contributed by atoms with E-state index in [4.69, 9.17) is 0 Å². The van der Waals surface area contributed by atoms with Crippen LogP contribution in [0.5, 0.6) is 0 Å². The van der Waals surface area contributed by atoms with Gasteiger partial charge in [-0.1, -0.05) is 24.3 Å². The molecule has 0 radical (unpaired) electrons. The number of rotatable bonds is 6. The van der Waals surface area contributed by atoms with Crippen molar-refractivity contribution in [3.05, 3.63) is 88.2 Å². The molecular formula is C29H22N4O6S3. The highest BCUT2D eigenvalue weighted by atomic mass is 32.2. The highest BCUT2D eigenvalue weighted by molar-refractivity contribution is 7.91. The molecule has 42 heavy (non-hydrogen) atoms. The molecule has 7 rings (SSSR count). The summed E-state index contributed by atoms with van der Waals surface area (Å²) >= 11 is 0.863. The van der Waals surface area contributed by atoms with Crippen LogP contribution in [-0.4, -0.2) is 45.7 Å². The number of aromatic nitrogens is 1. The summed E-state index contributed by atoms with van der Waals surface area (Å²) in [4.78, 5) is 28.5. The maximum absolute atomic E-state index is 14.0. The fraction of sp³-hybridized carbons (Fsp3) is 0.138. The van der Waals surface area contributed by atoms with Gasteiger partial charge < -0.3 is 9.80 Å². The van der Waals surface area contributed by atoms with Gasteiger partial charge in [0, 0.05) is 57.3 Å². The number of hydrogen-bond acceptors (Lipinski definition) is 7. The van der Waals surface area contributed by atoms with E-state index in [0.29, 0.717) is 57.1 Å². The van der Waals surface area contributed by atoms with Gasteiger partial charge in [0.15, 0.2) is 0 Å². The maximum atomic E-state index is 14.0. The van der Waals surface area contributed by atoms with E-state index in [0.717, 1.165) is 15.3 Å². The molecule has 0 saturated heterocycles. The van der Waals surface area contributed by atoms with E-state index in [2.05, 4.69) is 4.40 Å². The Hall–Kier alpha value is -4.33. The van der Waals surface area contributed by atoms with Crippen molar-refractivity contribution < 1.29 is 26.4 Å². The van der Waals surface area contributed by atoms with E-state index in [1.54, 1.807) is 58.3 Å². The Morgan fingerprint density at radius 3 is 1.79 bits per heavy atom. The van der Waals surface area contributed by atoms with Gasteiger partial charge in [0.05, 0.1) is 21.2 Å². The Balaban J connectivity index is 1.39. The highest BCUT2D eigenvalue weighted by Crippen LogP contribution is 2.41. The SMILES string of the molecule is CCN1C(=O)c2cccc3c(S(=O)(=O)/N=c4\sccn4S(=O)(=O)c4ccc5c6c(cccc46)C(=O)N5CC)ccc1c23. The summed E-state index contributed by atoms with van der Waals surface area (Å²) in [6, 6.07) is 15.8. The molecule has 1 aromatic heterocycles. The second-order valence-electron chi connectivity index (χ2n) is 9.77. The van der Waals surface area contributed by atoms with E-state index >= 15 is 0 Å². The number of anilines is 2. The maximum Gasteiger partial charge on any atom is 0.285 e.